The lowest BCUT2D eigenvalue weighted by Gasteiger charge is -2.14. The highest BCUT2D eigenvalue weighted by Gasteiger charge is 2.43. The van der Waals surface area contributed by atoms with Gasteiger partial charge in [-0.1, -0.05) is 0 Å². The molecule has 0 saturated carbocycles. The lowest BCUT2D eigenvalue weighted by atomic mass is 10.1. The minimum Gasteiger partial charge on any atom is -0.394 e. The van der Waals surface area contributed by atoms with E-state index in [0.717, 1.165) is 0 Å². The van der Waals surface area contributed by atoms with Crippen LogP contribution < -0.4 is 5.56 Å². The number of nitrogens with zero attached hydrogens (tertiary/aromatic N) is 3. The van der Waals surface area contributed by atoms with Crippen molar-refractivity contribution in [2.24, 2.45) is 0 Å². The Morgan fingerprint density at radius 2 is 2.21 bits per heavy atom. The van der Waals surface area contributed by atoms with Crippen LogP contribution in [-0.4, -0.2) is 60.0 Å². The second-order valence-corrected chi connectivity index (χ2v) is 4.31. The molecule has 2 aromatic rings. The molecule has 1 aliphatic rings. The van der Waals surface area contributed by atoms with Crippen LogP contribution in [-0.2, 0) is 4.74 Å². The molecule has 4 N–H and O–H groups in total. The zero-order valence-corrected chi connectivity index (χ0v) is 9.67. The van der Waals surface area contributed by atoms with E-state index in [0.29, 0.717) is 0 Å². The van der Waals surface area contributed by atoms with E-state index in [4.69, 9.17) is 9.84 Å². The standard InChI is InChI=1S/C10H12N4O5/c15-2-5-6(16)7(17)10(19-5)14-1-4-8(13-14)11-3-12-9(4)18/h1,3,5-7,10,15-17H,2H2,(H,11,12,13,18)/t5-,6-,7-,10-/m0/s1. The Balaban J connectivity index is 2.01. The molecule has 9 heteroatoms. The molecule has 0 aliphatic carbocycles. The van der Waals surface area contributed by atoms with Crippen LogP contribution in [0.2, 0.25) is 0 Å². The van der Waals surface area contributed by atoms with Crippen LogP contribution in [0.15, 0.2) is 17.3 Å². The van der Waals surface area contributed by atoms with Crippen molar-refractivity contribution in [1.82, 2.24) is 19.7 Å². The van der Waals surface area contributed by atoms with Gasteiger partial charge in [0.2, 0.25) is 0 Å². The van der Waals surface area contributed by atoms with Crippen LogP contribution >= 0.6 is 0 Å². The van der Waals surface area contributed by atoms with Gasteiger partial charge in [0.1, 0.15) is 23.7 Å². The van der Waals surface area contributed by atoms with E-state index >= 15 is 0 Å². The molecule has 0 spiro atoms. The lowest BCUT2D eigenvalue weighted by Crippen LogP contribution is -2.33. The molecule has 2 aromatic heterocycles. The van der Waals surface area contributed by atoms with Crippen molar-refractivity contribution in [2.45, 2.75) is 24.5 Å². The lowest BCUT2D eigenvalue weighted by molar-refractivity contribution is -0.0583. The molecule has 0 unspecified atom stereocenters. The van der Waals surface area contributed by atoms with Crippen LogP contribution in [0.25, 0.3) is 11.0 Å². The van der Waals surface area contributed by atoms with Gasteiger partial charge in [0.15, 0.2) is 11.9 Å². The Morgan fingerprint density at radius 3 is 2.84 bits per heavy atom. The van der Waals surface area contributed by atoms with Gasteiger partial charge in [-0.3, -0.25) is 4.79 Å². The maximum Gasteiger partial charge on any atom is 0.261 e. The van der Waals surface area contributed by atoms with Gasteiger partial charge in [-0.15, -0.1) is 5.10 Å². The molecule has 0 amide bonds. The van der Waals surface area contributed by atoms with Gasteiger partial charge in [-0.05, 0) is 0 Å². The van der Waals surface area contributed by atoms with Gasteiger partial charge < -0.3 is 25.0 Å². The van der Waals surface area contributed by atoms with Crippen LogP contribution in [0.3, 0.4) is 0 Å². The summed E-state index contributed by atoms with van der Waals surface area (Å²) in [4.78, 5) is 17.8. The van der Waals surface area contributed by atoms with Crippen molar-refractivity contribution in [2.75, 3.05) is 6.61 Å². The molecule has 0 bridgehead atoms. The molecule has 102 valence electrons. The number of aliphatic hydroxyl groups excluding tert-OH is 3. The summed E-state index contributed by atoms with van der Waals surface area (Å²) in [5, 5.41) is 32.8. The molecule has 1 fully saturated rings. The minimum atomic E-state index is -1.24. The number of aliphatic hydroxyl groups is 3. The number of aromatic nitrogens is 4. The normalized spacial score (nSPS) is 31.1. The van der Waals surface area contributed by atoms with Gasteiger partial charge in [-0.25, -0.2) is 9.67 Å². The highest BCUT2D eigenvalue weighted by atomic mass is 16.6. The third kappa shape index (κ3) is 1.83. The Kier molecular flexibility index (Phi) is 2.82. The highest BCUT2D eigenvalue weighted by Crippen LogP contribution is 2.29. The summed E-state index contributed by atoms with van der Waals surface area (Å²) in [7, 11) is 0. The van der Waals surface area contributed by atoms with E-state index < -0.39 is 31.1 Å². The smallest absolute Gasteiger partial charge is 0.261 e. The fourth-order valence-electron chi connectivity index (χ4n) is 2.10. The molecule has 19 heavy (non-hydrogen) atoms. The van der Waals surface area contributed by atoms with E-state index in [1.165, 1.54) is 17.2 Å². The molecule has 4 atom stereocenters. The van der Waals surface area contributed by atoms with E-state index in [-0.39, 0.29) is 16.6 Å². The highest BCUT2D eigenvalue weighted by molar-refractivity contribution is 5.72. The first kappa shape index (κ1) is 12.2. The first-order chi connectivity index (χ1) is 9.11. The van der Waals surface area contributed by atoms with Crippen molar-refractivity contribution in [3.8, 4) is 0 Å². The van der Waals surface area contributed by atoms with Crippen LogP contribution in [0.5, 0.6) is 0 Å². The van der Waals surface area contributed by atoms with Gasteiger partial charge in [-0.2, -0.15) is 0 Å². The Morgan fingerprint density at radius 1 is 1.42 bits per heavy atom. The zero-order chi connectivity index (χ0) is 13.6. The molecule has 0 radical (unpaired) electrons. The topological polar surface area (TPSA) is 133 Å². The average Bonchev–Trinajstić information content (AvgIpc) is 2.94. The Hall–Kier alpha value is -1.81. The van der Waals surface area contributed by atoms with Crippen molar-refractivity contribution in [1.29, 1.82) is 0 Å². The number of nitrogens with one attached hydrogen (secondary N) is 1. The Bertz CT molecular complexity index is 653. The van der Waals surface area contributed by atoms with Crippen molar-refractivity contribution in [3.05, 3.63) is 22.9 Å². The predicted octanol–water partition coefficient (Wildman–Crippen LogP) is -2.27. The number of H-pyrrole nitrogens is 1. The van der Waals surface area contributed by atoms with Gasteiger partial charge in [0, 0.05) is 6.20 Å². The number of rotatable bonds is 2. The molecular weight excluding hydrogens is 256 g/mol. The van der Waals surface area contributed by atoms with Crippen molar-refractivity contribution in [3.63, 3.8) is 0 Å². The summed E-state index contributed by atoms with van der Waals surface area (Å²) in [6, 6.07) is 0. The SMILES string of the molecule is O=c1[nH]cnc2nn([C@H]3O[C@@H](CO)[C@H](O)[C@@H]3O)cc12. The van der Waals surface area contributed by atoms with E-state index in [9.17, 15) is 15.0 Å². The molecule has 3 rings (SSSR count). The van der Waals surface area contributed by atoms with E-state index in [2.05, 4.69) is 15.1 Å². The maximum atomic E-state index is 11.5. The molecule has 3 heterocycles. The van der Waals surface area contributed by atoms with Crippen molar-refractivity contribution < 1.29 is 20.1 Å². The third-order valence-electron chi connectivity index (χ3n) is 3.12. The fourth-order valence-corrected chi connectivity index (χ4v) is 2.10. The van der Waals surface area contributed by atoms with E-state index in [1.54, 1.807) is 0 Å². The molecule has 9 nitrogen and oxygen atoms in total. The van der Waals surface area contributed by atoms with Crippen molar-refractivity contribution >= 4 is 11.0 Å². The Labute approximate surface area is 106 Å². The van der Waals surface area contributed by atoms with Gasteiger partial charge in [0.25, 0.3) is 5.56 Å². The minimum absolute atomic E-state index is 0.210. The number of hydrogen-bond donors (Lipinski definition) is 4. The quantitative estimate of drug-likeness (QED) is 0.482. The van der Waals surface area contributed by atoms with Crippen LogP contribution in [0.4, 0.5) is 0 Å². The first-order valence-corrected chi connectivity index (χ1v) is 5.67. The molecule has 0 aromatic carbocycles. The summed E-state index contributed by atoms with van der Waals surface area (Å²) in [5.74, 6) is 0. The summed E-state index contributed by atoms with van der Waals surface area (Å²) < 4.78 is 6.52. The first-order valence-electron chi connectivity index (χ1n) is 5.67. The zero-order valence-electron chi connectivity index (χ0n) is 9.67. The fraction of sp³-hybridized carbons (Fsp3) is 0.500. The molecular formula is C10H12N4O5. The maximum absolute atomic E-state index is 11.5. The summed E-state index contributed by atoms with van der Waals surface area (Å²) in [5.41, 5.74) is -0.149. The number of fused-ring (bicyclic) bond motifs is 1. The van der Waals surface area contributed by atoms with Crippen LogP contribution in [0.1, 0.15) is 6.23 Å². The third-order valence-corrected chi connectivity index (χ3v) is 3.12. The molecule has 1 saturated heterocycles. The van der Waals surface area contributed by atoms with Crippen LogP contribution in [0, 0.1) is 0 Å². The largest absolute Gasteiger partial charge is 0.394 e. The second kappa shape index (κ2) is 4.38. The number of aromatic amines is 1. The monoisotopic (exact) mass is 268 g/mol. The molecule has 1 aliphatic heterocycles. The van der Waals surface area contributed by atoms with E-state index in [1.807, 2.05) is 0 Å². The van der Waals surface area contributed by atoms with Gasteiger partial charge >= 0.3 is 0 Å². The summed E-state index contributed by atoms with van der Waals surface area (Å²) in [6.45, 7) is -0.422. The number of ether oxygens (including phenoxy) is 1. The summed E-state index contributed by atoms with van der Waals surface area (Å²) >= 11 is 0. The predicted molar refractivity (Wildman–Crippen MR) is 61.2 cm³/mol. The van der Waals surface area contributed by atoms with Gasteiger partial charge in [0.05, 0.1) is 12.9 Å². The number of hydrogen-bond acceptors (Lipinski definition) is 7. The average molecular weight is 268 g/mol. The second-order valence-electron chi connectivity index (χ2n) is 4.31. The summed E-state index contributed by atoms with van der Waals surface area (Å²) in [6.07, 6.45) is -1.72.